The number of amides is 2. The Balaban J connectivity index is 1.90. The summed E-state index contributed by atoms with van der Waals surface area (Å²) in [6.07, 6.45) is 0.0299. The third-order valence-electron chi connectivity index (χ3n) is 4.47. The van der Waals surface area contributed by atoms with Crippen molar-refractivity contribution in [1.29, 1.82) is 0 Å². The van der Waals surface area contributed by atoms with Crippen LogP contribution >= 0.6 is 0 Å². The molecule has 3 rings (SSSR count). The molecule has 1 atom stereocenters. The van der Waals surface area contributed by atoms with Crippen LogP contribution < -0.4 is 10.2 Å². The Kier molecular flexibility index (Phi) is 4.75. The van der Waals surface area contributed by atoms with E-state index < -0.39 is 12.0 Å². The smallest absolute Gasteiger partial charge is 0.339 e. The first kappa shape index (κ1) is 17.7. The van der Waals surface area contributed by atoms with Gasteiger partial charge in [0.15, 0.2) is 0 Å². The minimum absolute atomic E-state index is 0.0299. The van der Waals surface area contributed by atoms with E-state index in [0.717, 1.165) is 11.1 Å². The summed E-state index contributed by atoms with van der Waals surface area (Å²) in [5, 5.41) is 3.03. The van der Waals surface area contributed by atoms with Gasteiger partial charge in [-0.25, -0.2) is 9.69 Å². The molecule has 2 amide bonds. The molecule has 1 aliphatic heterocycles. The summed E-state index contributed by atoms with van der Waals surface area (Å²) >= 11 is 0. The summed E-state index contributed by atoms with van der Waals surface area (Å²) in [7, 11) is 1.30. The first-order valence-electron chi connectivity index (χ1n) is 8.31. The Bertz CT molecular complexity index is 871. The number of nitrogens with one attached hydrogen (secondary N) is 1. The highest BCUT2D eigenvalue weighted by molar-refractivity contribution is 6.24. The fourth-order valence-electron chi connectivity index (χ4n) is 3.22. The van der Waals surface area contributed by atoms with Crippen molar-refractivity contribution in [3.8, 4) is 0 Å². The highest BCUT2D eigenvalue weighted by Gasteiger charge is 2.41. The first-order chi connectivity index (χ1) is 12.4. The molecule has 6 nitrogen and oxygen atoms in total. The van der Waals surface area contributed by atoms with Crippen LogP contribution in [-0.2, 0) is 14.3 Å². The molecule has 0 aromatic heterocycles. The predicted molar refractivity (Wildman–Crippen MR) is 98.2 cm³/mol. The standard InChI is InChI=1S/C20H20N2O4/c1-12-7-6-8-13(2)18(12)22-17(23)11-16(19(22)24)21-15-10-5-4-9-14(15)20(25)26-3/h4-10,16,21H,11H2,1-3H3/t16-/m1/s1. The van der Waals surface area contributed by atoms with Gasteiger partial charge in [0, 0.05) is 5.69 Å². The van der Waals surface area contributed by atoms with Gasteiger partial charge in [-0.3, -0.25) is 9.59 Å². The fourth-order valence-corrected chi connectivity index (χ4v) is 3.22. The van der Waals surface area contributed by atoms with E-state index >= 15 is 0 Å². The summed E-state index contributed by atoms with van der Waals surface area (Å²) in [4.78, 5) is 38.6. The topological polar surface area (TPSA) is 75.7 Å². The van der Waals surface area contributed by atoms with Gasteiger partial charge in [-0.1, -0.05) is 30.3 Å². The average Bonchev–Trinajstić information content (AvgIpc) is 2.89. The highest BCUT2D eigenvalue weighted by atomic mass is 16.5. The molecule has 1 heterocycles. The number of benzene rings is 2. The van der Waals surface area contributed by atoms with E-state index in [4.69, 9.17) is 4.74 Å². The lowest BCUT2D eigenvalue weighted by Gasteiger charge is -2.20. The number of ether oxygens (including phenoxy) is 1. The van der Waals surface area contributed by atoms with E-state index in [0.29, 0.717) is 16.9 Å². The maximum Gasteiger partial charge on any atom is 0.339 e. The van der Waals surface area contributed by atoms with Gasteiger partial charge < -0.3 is 10.1 Å². The van der Waals surface area contributed by atoms with Crippen LogP contribution in [0.15, 0.2) is 42.5 Å². The summed E-state index contributed by atoms with van der Waals surface area (Å²) in [5.41, 5.74) is 3.15. The van der Waals surface area contributed by atoms with Crippen molar-refractivity contribution in [1.82, 2.24) is 0 Å². The molecule has 0 radical (unpaired) electrons. The van der Waals surface area contributed by atoms with Gasteiger partial charge in [-0.2, -0.15) is 0 Å². The van der Waals surface area contributed by atoms with E-state index in [1.165, 1.54) is 12.0 Å². The van der Waals surface area contributed by atoms with Crippen molar-refractivity contribution in [2.24, 2.45) is 0 Å². The van der Waals surface area contributed by atoms with E-state index in [2.05, 4.69) is 5.32 Å². The minimum atomic E-state index is -0.729. The molecule has 2 aromatic rings. The second-order valence-corrected chi connectivity index (χ2v) is 6.25. The lowest BCUT2D eigenvalue weighted by molar-refractivity contribution is -0.121. The lowest BCUT2D eigenvalue weighted by atomic mass is 10.1. The molecule has 6 heteroatoms. The molecule has 1 saturated heterocycles. The number of hydrogen-bond acceptors (Lipinski definition) is 5. The number of rotatable bonds is 4. The van der Waals surface area contributed by atoms with Crippen molar-refractivity contribution >= 4 is 29.2 Å². The Morgan fingerprint density at radius 2 is 1.73 bits per heavy atom. The Hall–Kier alpha value is -3.15. The number of methoxy groups -OCH3 is 1. The zero-order chi connectivity index (χ0) is 18.8. The molecule has 2 aromatic carbocycles. The monoisotopic (exact) mass is 352 g/mol. The second kappa shape index (κ2) is 7.00. The van der Waals surface area contributed by atoms with Gasteiger partial charge in [0.1, 0.15) is 6.04 Å². The predicted octanol–water partition coefficient (Wildman–Crippen LogP) is 2.83. The molecule has 0 unspecified atom stereocenters. The van der Waals surface area contributed by atoms with Crippen LogP contribution in [0.5, 0.6) is 0 Å². The van der Waals surface area contributed by atoms with E-state index in [1.54, 1.807) is 24.3 Å². The van der Waals surface area contributed by atoms with E-state index in [9.17, 15) is 14.4 Å². The van der Waals surface area contributed by atoms with Crippen LogP contribution in [0.2, 0.25) is 0 Å². The van der Waals surface area contributed by atoms with Gasteiger partial charge in [0.05, 0.1) is 24.8 Å². The maximum absolute atomic E-state index is 12.9. The number of carbonyl (C=O) groups is 3. The van der Waals surface area contributed by atoms with Crippen LogP contribution in [0.1, 0.15) is 27.9 Å². The molecule has 1 aliphatic rings. The van der Waals surface area contributed by atoms with E-state index in [-0.39, 0.29) is 18.2 Å². The largest absolute Gasteiger partial charge is 0.465 e. The SMILES string of the molecule is COC(=O)c1ccccc1N[C@@H]1CC(=O)N(c2c(C)cccc2C)C1=O. The number of para-hydroxylation sites is 2. The molecule has 0 bridgehead atoms. The molecule has 0 saturated carbocycles. The lowest BCUT2D eigenvalue weighted by Crippen LogP contribution is -2.36. The number of nitrogens with zero attached hydrogens (tertiary/aromatic N) is 1. The molecule has 134 valence electrons. The Morgan fingerprint density at radius 1 is 1.08 bits per heavy atom. The van der Waals surface area contributed by atoms with Crippen molar-refractivity contribution < 1.29 is 19.1 Å². The zero-order valence-corrected chi connectivity index (χ0v) is 14.9. The zero-order valence-electron chi connectivity index (χ0n) is 14.9. The summed E-state index contributed by atoms with van der Waals surface area (Å²) in [6, 6.07) is 11.7. The normalized spacial score (nSPS) is 16.7. The van der Waals surface area contributed by atoms with Gasteiger partial charge >= 0.3 is 5.97 Å². The average molecular weight is 352 g/mol. The number of aryl methyl sites for hydroxylation is 2. The highest BCUT2D eigenvalue weighted by Crippen LogP contribution is 2.31. The molecule has 26 heavy (non-hydrogen) atoms. The third-order valence-corrected chi connectivity index (χ3v) is 4.47. The second-order valence-electron chi connectivity index (χ2n) is 6.25. The van der Waals surface area contributed by atoms with Crippen molar-refractivity contribution in [2.75, 3.05) is 17.3 Å². The van der Waals surface area contributed by atoms with E-state index in [1.807, 2.05) is 32.0 Å². The quantitative estimate of drug-likeness (QED) is 0.676. The number of carbonyl (C=O) groups excluding carboxylic acids is 3. The number of anilines is 2. The van der Waals surface area contributed by atoms with Crippen LogP contribution in [0.25, 0.3) is 0 Å². The van der Waals surface area contributed by atoms with Gasteiger partial charge in [0.25, 0.3) is 5.91 Å². The van der Waals surface area contributed by atoms with Crippen molar-refractivity contribution in [3.05, 3.63) is 59.2 Å². The van der Waals surface area contributed by atoms with Crippen molar-refractivity contribution in [3.63, 3.8) is 0 Å². The summed E-state index contributed by atoms with van der Waals surface area (Å²) in [6.45, 7) is 3.74. The minimum Gasteiger partial charge on any atom is -0.465 e. The first-order valence-corrected chi connectivity index (χ1v) is 8.31. The molecule has 1 fully saturated rings. The molecular formula is C20H20N2O4. The fraction of sp³-hybridized carbons (Fsp3) is 0.250. The third kappa shape index (κ3) is 3.06. The van der Waals surface area contributed by atoms with Crippen LogP contribution in [-0.4, -0.2) is 30.9 Å². The van der Waals surface area contributed by atoms with Crippen LogP contribution in [0, 0.1) is 13.8 Å². The molecule has 0 spiro atoms. The maximum atomic E-state index is 12.9. The van der Waals surface area contributed by atoms with Gasteiger partial charge in [0.2, 0.25) is 5.91 Å². The number of esters is 1. The Morgan fingerprint density at radius 3 is 2.38 bits per heavy atom. The molecular weight excluding hydrogens is 332 g/mol. The van der Waals surface area contributed by atoms with Crippen molar-refractivity contribution in [2.45, 2.75) is 26.3 Å². The van der Waals surface area contributed by atoms with Gasteiger partial charge in [-0.05, 0) is 37.1 Å². The summed E-state index contributed by atoms with van der Waals surface area (Å²) < 4.78 is 4.77. The van der Waals surface area contributed by atoms with Crippen LogP contribution in [0.3, 0.4) is 0 Å². The number of hydrogen-bond donors (Lipinski definition) is 1. The van der Waals surface area contributed by atoms with Gasteiger partial charge in [-0.15, -0.1) is 0 Å². The Labute approximate surface area is 151 Å². The molecule has 1 N–H and O–H groups in total. The van der Waals surface area contributed by atoms with Crippen LogP contribution in [0.4, 0.5) is 11.4 Å². The number of imide groups is 1. The molecule has 0 aliphatic carbocycles. The summed E-state index contributed by atoms with van der Waals surface area (Å²) in [5.74, 6) is -1.09.